The molecule has 0 aromatic heterocycles. The molecule has 0 saturated carbocycles. The van der Waals surface area contributed by atoms with E-state index in [2.05, 4.69) is 4.99 Å². The first kappa shape index (κ1) is 16.0. The van der Waals surface area contributed by atoms with Gasteiger partial charge in [0, 0.05) is 18.2 Å². The SMILES string of the molecule is O=C1OC(c2ccccc2[N+](=O)[O-])=N/C1=C/c1ccc([N+](=O)[O-])cc1. The summed E-state index contributed by atoms with van der Waals surface area (Å²) in [7, 11) is 0. The van der Waals surface area contributed by atoms with Gasteiger partial charge in [-0.15, -0.1) is 0 Å². The van der Waals surface area contributed by atoms with Crippen LogP contribution in [0.2, 0.25) is 0 Å². The molecule has 0 saturated heterocycles. The van der Waals surface area contributed by atoms with Crippen molar-refractivity contribution in [1.82, 2.24) is 0 Å². The predicted octanol–water partition coefficient (Wildman–Crippen LogP) is 2.85. The van der Waals surface area contributed by atoms with Gasteiger partial charge in [0.1, 0.15) is 5.56 Å². The lowest BCUT2D eigenvalue weighted by atomic mass is 10.1. The zero-order valence-electron chi connectivity index (χ0n) is 12.5. The maximum absolute atomic E-state index is 11.9. The standard InChI is InChI=1S/C16H9N3O6/c20-16-13(9-10-5-7-11(8-6-10)18(21)22)17-15(25-16)12-3-1-2-4-14(12)19(23)24/h1-9H/b13-9+. The van der Waals surface area contributed by atoms with Crippen molar-refractivity contribution in [3.05, 3.63) is 85.6 Å². The number of hydrogen-bond acceptors (Lipinski definition) is 7. The molecule has 1 aliphatic rings. The van der Waals surface area contributed by atoms with Gasteiger partial charge in [-0.25, -0.2) is 9.79 Å². The number of nitrogens with zero attached hydrogens (tertiary/aromatic N) is 3. The highest BCUT2D eigenvalue weighted by Gasteiger charge is 2.28. The van der Waals surface area contributed by atoms with Crippen LogP contribution in [0.5, 0.6) is 0 Å². The van der Waals surface area contributed by atoms with Gasteiger partial charge in [-0.3, -0.25) is 20.2 Å². The van der Waals surface area contributed by atoms with Crippen molar-refractivity contribution in [2.45, 2.75) is 0 Å². The van der Waals surface area contributed by atoms with Crippen LogP contribution in [-0.4, -0.2) is 21.7 Å². The lowest BCUT2D eigenvalue weighted by Gasteiger charge is -2.00. The molecule has 0 atom stereocenters. The number of hydrogen-bond donors (Lipinski definition) is 0. The third kappa shape index (κ3) is 3.24. The van der Waals surface area contributed by atoms with Crippen LogP contribution in [0.4, 0.5) is 11.4 Å². The van der Waals surface area contributed by atoms with E-state index in [1.807, 2.05) is 0 Å². The number of cyclic esters (lactones) is 1. The van der Waals surface area contributed by atoms with E-state index < -0.39 is 15.8 Å². The van der Waals surface area contributed by atoms with E-state index in [-0.39, 0.29) is 28.5 Å². The second-order valence-electron chi connectivity index (χ2n) is 4.96. The fraction of sp³-hybridized carbons (Fsp3) is 0. The molecule has 0 unspecified atom stereocenters. The Bertz CT molecular complexity index is 947. The first-order chi connectivity index (χ1) is 12.0. The van der Waals surface area contributed by atoms with Gasteiger partial charge in [0.2, 0.25) is 5.90 Å². The van der Waals surface area contributed by atoms with Crippen molar-refractivity contribution in [2.75, 3.05) is 0 Å². The molecule has 0 aliphatic carbocycles. The van der Waals surface area contributed by atoms with Crippen molar-refractivity contribution >= 4 is 29.3 Å². The predicted molar refractivity (Wildman–Crippen MR) is 86.8 cm³/mol. The second kappa shape index (κ2) is 6.32. The molecule has 25 heavy (non-hydrogen) atoms. The Labute approximate surface area is 140 Å². The monoisotopic (exact) mass is 339 g/mol. The highest BCUT2D eigenvalue weighted by Crippen LogP contribution is 2.25. The number of nitro benzene ring substituents is 2. The Morgan fingerprint density at radius 3 is 2.28 bits per heavy atom. The number of benzene rings is 2. The average molecular weight is 339 g/mol. The molecule has 0 N–H and O–H groups in total. The third-order valence-electron chi connectivity index (χ3n) is 3.36. The van der Waals surface area contributed by atoms with Crippen LogP contribution in [0.15, 0.2) is 59.2 Å². The van der Waals surface area contributed by atoms with E-state index in [1.165, 1.54) is 48.5 Å². The molecule has 2 aromatic rings. The highest BCUT2D eigenvalue weighted by molar-refractivity contribution is 6.14. The number of aliphatic imine (C=N–C) groups is 1. The van der Waals surface area contributed by atoms with Crippen molar-refractivity contribution in [2.24, 2.45) is 4.99 Å². The number of carbonyl (C=O) groups excluding carboxylic acids is 1. The van der Waals surface area contributed by atoms with Gasteiger partial charge in [0.15, 0.2) is 5.70 Å². The first-order valence-corrected chi connectivity index (χ1v) is 6.96. The Kier molecular flexibility index (Phi) is 4.04. The van der Waals surface area contributed by atoms with Crippen LogP contribution in [0.25, 0.3) is 6.08 Å². The molecular weight excluding hydrogens is 330 g/mol. The summed E-state index contributed by atoms with van der Waals surface area (Å²) in [5.74, 6) is -0.919. The number of para-hydroxylation sites is 1. The maximum atomic E-state index is 11.9. The Hall–Kier alpha value is -3.88. The van der Waals surface area contributed by atoms with Crippen LogP contribution in [-0.2, 0) is 9.53 Å². The van der Waals surface area contributed by atoms with Gasteiger partial charge in [-0.05, 0) is 29.8 Å². The lowest BCUT2D eigenvalue weighted by molar-refractivity contribution is -0.385. The fourth-order valence-corrected chi connectivity index (χ4v) is 2.19. The first-order valence-electron chi connectivity index (χ1n) is 6.96. The molecule has 0 radical (unpaired) electrons. The molecule has 0 fully saturated rings. The fourth-order valence-electron chi connectivity index (χ4n) is 2.19. The van der Waals surface area contributed by atoms with Crippen LogP contribution < -0.4 is 0 Å². The number of nitro groups is 2. The molecule has 9 nitrogen and oxygen atoms in total. The smallest absolute Gasteiger partial charge is 0.363 e. The third-order valence-corrected chi connectivity index (χ3v) is 3.36. The van der Waals surface area contributed by atoms with Crippen molar-refractivity contribution in [3.8, 4) is 0 Å². The number of esters is 1. The van der Waals surface area contributed by atoms with E-state index in [0.717, 1.165) is 0 Å². The summed E-state index contributed by atoms with van der Waals surface area (Å²) >= 11 is 0. The Balaban J connectivity index is 1.95. The molecule has 1 aliphatic heterocycles. The van der Waals surface area contributed by atoms with Crippen LogP contribution >= 0.6 is 0 Å². The number of non-ortho nitro benzene ring substituents is 1. The van der Waals surface area contributed by atoms with Crippen LogP contribution in [0.1, 0.15) is 11.1 Å². The van der Waals surface area contributed by atoms with Gasteiger partial charge in [-0.2, -0.15) is 0 Å². The molecule has 0 bridgehead atoms. The van der Waals surface area contributed by atoms with Crippen LogP contribution in [0, 0.1) is 20.2 Å². The average Bonchev–Trinajstić information content (AvgIpc) is 2.96. The van der Waals surface area contributed by atoms with Crippen LogP contribution in [0.3, 0.4) is 0 Å². The minimum Gasteiger partial charge on any atom is -0.402 e. The zero-order chi connectivity index (χ0) is 18.0. The molecule has 1 heterocycles. The minimum absolute atomic E-state index is 0.0537. The summed E-state index contributed by atoms with van der Waals surface area (Å²) in [6.07, 6.45) is 1.38. The lowest BCUT2D eigenvalue weighted by Crippen LogP contribution is -2.07. The van der Waals surface area contributed by atoms with Gasteiger partial charge in [-0.1, -0.05) is 12.1 Å². The largest absolute Gasteiger partial charge is 0.402 e. The number of carbonyl (C=O) groups is 1. The Morgan fingerprint density at radius 2 is 1.64 bits per heavy atom. The summed E-state index contributed by atoms with van der Waals surface area (Å²) in [5.41, 5.74) is 0.228. The van der Waals surface area contributed by atoms with E-state index in [1.54, 1.807) is 6.07 Å². The summed E-state index contributed by atoms with van der Waals surface area (Å²) in [6, 6.07) is 11.3. The van der Waals surface area contributed by atoms with Gasteiger partial charge in [0.25, 0.3) is 11.4 Å². The minimum atomic E-state index is -0.758. The summed E-state index contributed by atoms with van der Waals surface area (Å²) in [4.78, 5) is 36.5. The molecule has 124 valence electrons. The molecule has 3 rings (SSSR count). The van der Waals surface area contributed by atoms with E-state index in [4.69, 9.17) is 4.74 Å². The van der Waals surface area contributed by atoms with Gasteiger partial charge < -0.3 is 4.74 Å². The van der Waals surface area contributed by atoms with Crippen molar-refractivity contribution < 1.29 is 19.4 Å². The summed E-state index contributed by atoms with van der Waals surface area (Å²) in [5, 5.41) is 21.7. The van der Waals surface area contributed by atoms with E-state index in [0.29, 0.717) is 5.56 Å². The number of rotatable bonds is 4. The highest BCUT2D eigenvalue weighted by atomic mass is 16.6. The Morgan fingerprint density at radius 1 is 0.960 bits per heavy atom. The summed E-state index contributed by atoms with van der Waals surface area (Å²) < 4.78 is 5.02. The van der Waals surface area contributed by atoms with Gasteiger partial charge in [0.05, 0.1) is 9.85 Å². The maximum Gasteiger partial charge on any atom is 0.363 e. The number of ether oxygens (including phenoxy) is 1. The topological polar surface area (TPSA) is 125 Å². The molecule has 0 spiro atoms. The van der Waals surface area contributed by atoms with Crippen molar-refractivity contribution in [1.29, 1.82) is 0 Å². The molecule has 9 heteroatoms. The molecule has 2 aromatic carbocycles. The van der Waals surface area contributed by atoms with E-state index in [9.17, 15) is 25.0 Å². The molecule has 0 amide bonds. The quantitative estimate of drug-likeness (QED) is 0.365. The van der Waals surface area contributed by atoms with Crippen molar-refractivity contribution in [3.63, 3.8) is 0 Å². The van der Waals surface area contributed by atoms with E-state index >= 15 is 0 Å². The van der Waals surface area contributed by atoms with Gasteiger partial charge >= 0.3 is 5.97 Å². The molecular formula is C16H9N3O6. The zero-order valence-corrected chi connectivity index (χ0v) is 12.5. The normalized spacial score (nSPS) is 15.0. The second-order valence-corrected chi connectivity index (χ2v) is 4.96. The summed E-state index contributed by atoms with van der Waals surface area (Å²) in [6.45, 7) is 0.